The molecule has 11 heteroatoms. The quantitative estimate of drug-likeness (QED) is 0.478. The third kappa shape index (κ3) is 5.31. The van der Waals surface area contributed by atoms with Crippen molar-refractivity contribution in [1.82, 2.24) is 4.90 Å². The summed E-state index contributed by atoms with van der Waals surface area (Å²) in [6.45, 7) is 3.56. The first-order chi connectivity index (χ1) is 14.7. The number of nitrogens with zero attached hydrogens (tertiary/aromatic N) is 1. The van der Waals surface area contributed by atoms with Crippen LogP contribution in [0.5, 0.6) is 0 Å². The molecule has 0 spiro atoms. The average Bonchev–Trinajstić information content (AvgIpc) is 3.39. The van der Waals surface area contributed by atoms with Crippen LogP contribution in [-0.2, 0) is 16.2 Å². The fourth-order valence-electron chi connectivity index (χ4n) is 3.77. The summed E-state index contributed by atoms with van der Waals surface area (Å²) in [7, 11) is -4.47. The Morgan fingerprint density at radius 3 is 2.50 bits per heavy atom. The van der Waals surface area contributed by atoms with Gasteiger partial charge in [0.1, 0.15) is 0 Å². The molecule has 1 aromatic heterocycles. The van der Waals surface area contributed by atoms with Crippen LogP contribution in [0.1, 0.15) is 18.4 Å². The van der Waals surface area contributed by atoms with E-state index in [2.05, 4.69) is 14.9 Å². The van der Waals surface area contributed by atoms with Gasteiger partial charge in [-0.25, -0.2) is 8.42 Å². The van der Waals surface area contributed by atoms with Gasteiger partial charge in [0.05, 0.1) is 28.1 Å². The number of furan rings is 1. The van der Waals surface area contributed by atoms with E-state index in [0.717, 1.165) is 37.8 Å². The predicted molar refractivity (Wildman–Crippen MR) is 120 cm³/mol. The van der Waals surface area contributed by atoms with Gasteiger partial charge < -0.3 is 14.6 Å². The lowest BCUT2D eigenvalue weighted by molar-refractivity contribution is -0.139. The van der Waals surface area contributed by atoms with Gasteiger partial charge in [0.2, 0.25) is 0 Å². The Bertz CT molecular complexity index is 1180. The van der Waals surface area contributed by atoms with Gasteiger partial charge in [-0.1, -0.05) is 12.1 Å². The highest BCUT2D eigenvalue weighted by Gasteiger charge is 2.37. The number of alkyl halides is 3. The summed E-state index contributed by atoms with van der Waals surface area (Å²) in [6, 6.07) is 8.83. The molecule has 0 radical (unpaired) electrons. The lowest BCUT2D eigenvalue weighted by Gasteiger charge is -2.17. The molecule has 0 atom stereocenters. The van der Waals surface area contributed by atoms with Crippen LogP contribution < -0.4 is 10.0 Å². The van der Waals surface area contributed by atoms with Crippen molar-refractivity contribution >= 4 is 44.8 Å². The molecule has 2 heterocycles. The molecule has 1 fully saturated rings. The SMILES string of the molecule is Cl.O=S(=O)(Nc1cc(NCCN2CCCC2)c2occc2c1)c1ccccc1C(F)(F)F. The van der Waals surface area contributed by atoms with Crippen LogP contribution in [0.15, 0.2) is 58.0 Å². The van der Waals surface area contributed by atoms with Crippen molar-refractivity contribution in [3.63, 3.8) is 0 Å². The normalized spacial score (nSPS) is 15.0. The Labute approximate surface area is 190 Å². The zero-order valence-electron chi connectivity index (χ0n) is 17.0. The molecule has 1 aliphatic heterocycles. The maximum atomic E-state index is 13.3. The third-order valence-electron chi connectivity index (χ3n) is 5.23. The minimum Gasteiger partial charge on any atom is -0.462 e. The highest BCUT2D eigenvalue weighted by atomic mass is 35.5. The van der Waals surface area contributed by atoms with E-state index in [9.17, 15) is 21.6 Å². The lowest BCUT2D eigenvalue weighted by Crippen LogP contribution is -2.26. The van der Waals surface area contributed by atoms with Gasteiger partial charge in [-0.2, -0.15) is 13.2 Å². The van der Waals surface area contributed by atoms with Gasteiger partial charge in [0.25, 0.3) is 10.0 Å². The highest BCUT2D eigenvalue weighted by molar-refractivity contribution is 7.92. The minimum atomic E-state index is -4.79. The molecule has 0 saturated carbocycles. The van der Waals surface area contributed by atoms with Gasteiger partial charge in [-0.05, 0) is 56.3 Å². The first-order valence-electron chi connectivity index (χ1n) is 9.90. The van der Waals surface area contributed by atoms with E-state index >= 15 is 0 Å². The molecule has 6 nitrogen and oxygen atoms in total. The largest absolute Gasteiger partial charge is 0.462 e. The number of hydrogen-bond acceptors (Lipinski definition) is 5. The number of likely N-dealkylation sites (tertiary alicyclic amines) is 1. The summed E-state index contributed by atoms with van der Waals surface area (Å²) in [4.78, 5) is 1.51. The van der Waals surface area contributed by atoms with Gasteiger partial charge in [-0.3, -0.25) is 4.72 Å². The van der Waals surface area contributed by atoms with Crippen molar-refractivity contribution in [2.75, 3.05) is 36.2 Å². The molecule has 0 aliphatic carbocycles. The van der Waals surface area contributed by atoms with E-state index < -0.39 is 26.7 Å². The van der Waals surface area contributed by atoms with E-state index in [1.54, 1.807) is 6.07 Å². The second-order valence-corrected chi connectivity index (χ2v) is 9.09. The second kappa shape index (κ2) is 9.60. The molecule has 1 aliphatic rings. The van der Waals surface area contributed by atoms with Gasteiger partial charge in [-0.15, -0.1) is 12.4 Å². The maximum absolute atomic E-state index is 13.3. The second-order valence-electron chi connectivity index (χ2n) is 7.44. The smallest absolute Gasteiger partial charge is 0.417 e. The van der Waals surface area contributed by atoms with E-state index in [1.165, 1.54) is 37.3 Å². The van der Waals surface area contributed by atoms with Crippen molar-refractivity contribution in [2.45, 2.75) is 23.9 Å². The van der Waals surface area contributed by atoms with Crippen molar-refractivity contribution < 1.29 is 26.0 Å². The monoisotopic (exact) mass is 489 g/mol. The summed E-state index contributed by atoms with van der Waals surface area (Å²) in [6.07, 6.45) is -0.951. The first-order valence-corrected chi connectivity index (χ1v) is 11.4. The number of hydrogen-bond donors (Lipinski definition) is 2. The summed E-state index contributed by atoms with van der Waals surface area (Å²) < 4.78 is 73.2. The molecule has 0 amide bonds. The van der Waals surface area contributed by atoms with Gasteiger partial charge >= 0.3 is 6.18 Å². The lowest BCUT2D eigenvalue weighted by atomic mass is 10.2. The predicted octanol–water partition coefficient (Wildman–Crippen LogP) is 5.18. The number of benzene rings is 2. The Morgan fingerprint density at radius 2 is 1.78 bits per heavy atom. The van der Waals surface area contributed by atoms with Gasteiger partial charge in [0, 0.05) is 18.5 Å². The average molecular weight is 490 g/mol. The van der Waals surface area contributed by atoms with Crippen LogP contribution in [0, 0.1) is 0 Å². The number of nitrogens with one attached hydrogen (secondary N) is 2. The van der Waals surface area contributed by atoms with Crippen LogP contribution in [0.25, 0.3) is 11.0 Å². The standard InChI is InChI=1S/C21H22F3N3O3S.ClH/c22-21(23,24)17-5-1-2-6-19(17)31(28,29)26-16-13-15-7-12-30-20(15)18(14-16)25-8-11-27-9-3-4-10-27;/h1-2,5-7,12-14,25-26H,3-4,8-11H2;1H. The fraction of sp³-hybridized carbons (Fsp3) is 0.333. The summed E-state index contributed by atoms with van der Waals surface area (Å²) >= 11 is 0. The molecule has 2 N–H and O–H groups in total. The molecule has 174 valence electrons. The Balaban J connectivity index is 0.00000289. The maximum Gasteiger partial charge on any atom is 0.417 e. The molecular formula is C21H23ClF3N3O3S. The van der Waals surface area contributed by atoms with E-state index in [0.29, 0.717) is 23.2 Å². The van der Waals surface area contributed by atoms with Gasteiger partial charge in [0.15, 0.2) is 5.58 Å². The Hall–Kier alpha value is -2.43. The summed E-state index contributed by atoms with van der Waals surface area (Å²) in [5.74, 6) is 0. The molecule has 3 aromatic rings. The van der Waals surface area contributed by atoms with Crippen LogP contribution in [0.3, 0.4) is 0 Å². The van der Waals surface area contributed by atoms with Crippen molar-refractivity contribution in [1.29, 1.82) is 0 Å². The minimum absolute atomic E-state index is 0. The zero-order valence-corrected chi connectivity index (χ0v) is 18.6. The van der Waals surface area contributed by atoms with E-state index in [-0.39, 0.29) is 18.1 Å². The van der Waals surface area contributed by atoms with E-state index in [1.807, 2.05) is 0 Å². The highest BCUT2D eigenvalue weighted by Crippen LogP contribution is 2.35. The van der Waals surface area contributed by atoms with Crippen LogP contribution in [-0.4, -0.2) is 39.5 Å². The third-order valence-corrected chi connectivity index (χ3v) is 6.67. The first kappa shape index (κ1) is 24.2. The molecule has 32 heavy (non-hydrogen) atoms. The van der Waals surface area contributed by atoms with Crippen molar-refractivity contribution in [3.05, 3.63) is 54.3 Å². The van der Waals surface area contributed by atoms with Crippen LogP contribution >= 0.6 is 12.4 Å². The fourth-order valence-corrected chi connectivity index (χ4v) is 5.04. The number of anilines is 2. The molecule has 2 aromatic carbocycles. The molecule has 4 rings (SSSR count). The molecule has 0 bridgehead atoms. The zero-order chi connectivity index (χ0) is 22.1. The Kier molecular flexibility index (Phi) is 7.26. The summed E-state index contributed by atoms with van der Waals surface area (Å²) in [5, 5.41) is 3.88. The molecule has 1 saturated heterocycles. The topological polar surface area (TPSA) is 74.6 Å². The Morgan fingerprint density at radius 1 is 1.06 bits per heavy atom. The van der Waals surface area contributed by atoms with Crippen LogP contribution in [0.2, 0.25) is 0 Å². The molecular weight excluding hydrogens is 467 g/mol. The number of fused-ring (bicyclic) bond motifs is 1. The van der Waals surface area contributed by atoms with Crippen LogP contribution in [0.4, 0.5) is 24.5 Å². The van der Waals surface area contributed by atoms with Crippen molar-refractivity contribution in [3.8, 4) is 0 Å². The number of sulfonamides is 1. The van der Waals surface area contributed by atoms with E-state index in [4.69, 9.17) is 4.42 Å². The number of halogens is 4. The molecule has 0 unspecified atom stereocenters. The number of rotatable bonds is 7. The summed E-state index contributed by atoms with van der Waals surface area (Å²) in [5.41, 5.74) is 0.0639. The van der Waals surface area contributed by atoms with Crippen molar-refractivity contribution in [2.24, 2.45) is 0 Å².